The zero-order valence-electron chi connectivity index (χ0n) is 16.6. The predicted octanol–water partition coefficient (Wildman–Crippen LogP) is 2.97. The summed E-state index contributed by atoms with van der Waals surface area (Å²) in [4.78, 5) is 16.3. The van der Waals surface area contributed by atoms with E-state index in [9.17, 15) is 4.79 Å². The van der Waals surface area contributed by atoms with E-state index in [2.05, 4.69) is 5.10 Å². The summed E-state index contributed by atoms with van der Waals surface area (Å²) in [6.45, 7) is 1.51. The number of rotatable bonds is 8. The maximum absolute atomic E-state index is 12.6. The van der Waals surface area contributed by atoms with Gasteiger partial charge in [0, 0.05) is 37.5 Å². The van der Waals surface area contributed by atoms with Crippen LogP contribution in [0.25, 0.3) is 5.69 Å². The first-order chi connectivity index (χ1) is 13.6. The molecule has 0 saturated carbocycles. The van der Waals surface area contributed by atoms with Crippen molar-refractivity contribution in [2.75, 3.05) is 27.7 Å². The molecule has 3 rings (SSSR count). The number of aromatic nitrogens is 2. The highest BCUT2D eigenvalue weighted by Gasteiger charge is 2.14. The molecule has 0 unspecified atom stereocenters. The van der Waals surface area contributed by atoms with E-state index in [1.165, 1.54) is 0 Å². The van der Waals surface area contributed by atoms with Crippen molar-refractivity contribution in [3.8, 4) is 11.4 Å². The maximum Gasteiger partial charge on any atom is 0.236 e. The zero-order valence-corrected chi connectivity index (χ0v) is 16.6. The van der Waals surface area contributed by atoms with Crippen molar-refractivity contribution < 1.29 is 9.53 Å². The third kappa shape index (κ3) is 4.98. The van der Waals surface area contributed by atoms with Crippen LogP contribution in [0.5, 0.6) is 5.75 Å². The van der Waals surface area contributed by atoms with Gasteiger partial charge in [0.15, 0.2) is 0 Å². The lowest BCUT2D eigenvalue weighted by atomic mass is 10.2. The van der Waals surface area contributed by atoms with Gasteiger partial charge in [0.05, 0.1) is 25.5 Å². The van der Waals surface area contributed by atoms with Crippen molar-refractivity contribution in [2.24, 2.45) is 0 Å². The van der Waals surface area contributed by atoms with E-state index in [0.29, 0.717) is 19.6 Å². The number of para-hydroxylation sites is 2. The minimum atomic E-state index is 0.0591. The van der Waals surface area contributed by atoms with Gasteiger partial charge in [-0.3, -0.25) is 9.69 Å². The van der Waals surface area contributed by atoms with Gasteiger partial charge in [-0.1, -0.05) is 36.4 Å². The van der Waals surface area contributed by atoms with E-state index in [1.807, 2.05) is 90.7 Å². The lowest BCUT2D eigenvalue weighted by Crippen LogP contribution is -2.36. The van der Waals surface area contributed by atoms with E-state index in [1.54, 1.807) is 12.0 Å². The molecule has 3 aromatic rings. The summed E-state index contributed by atoms with van der Waals surface area (Å²) in [7, 11) is 5.40. The molecule has 1 amide bonds. The second-order valence-electron chi connectivity index (χ2n) is 6.86. The molecule has 2 aromatic carbocycles. The van der Waals surface area contributed by atoms with Crippen LogP contribution in [0.15, 0.2) is 67.0 Å². The number of ether oxygens (including phenoxy) is 1. The van der Waals surface area contributed by atoms with Crippen molar-refractivity contribution in [3.63, 3.8) is 0 Å². The Hall–Kier alpha value is -3.12. The highest BCUT2D eigenvalue weighted by atomic mass is 16.5. The summed E-state index contributed by atoms with van der Waals surface area (Å²) in [5.41, 5.74) is 3.07. The molecule has 1 heterocycles. The molecule has 0 aliphatic heterocycles. The summed E-state index contributed by atoms with van der Waals surface area (Å²) >= 11 is 0. The third-order valence-electron chi connectivity index (χ3n) is 4.54. The quantitative estimate of drug-likeness (QED) is 0.605. The first-order valence-corrected chi connectivity index (χ1v) is 9.20. The molecular formula is C22H26N4O2. The number of nitrogens with zero attached hydrogens (tertiary/aromatic N) is 4. The van der Waals surface area contributed by atoms with Gasteiger partial charge in [0.2, 0.25) is 5.91 Å². The standard InChI is InChI=1S/C22H26N4O2/c1-24(14-18-13-23-26(15-18)20-10-5-4-6-11-20)17-22(27)25(2)16-19-9-7-8-12-21(19)28-3/h4-13,15H,14,16-17H2,1-3H3. The Morgan fingerprint density at radius 3 is 2.50 bits per heavy atom. The molecule has 0 bridgehead atoms. The van der Waals surface area contributed by atoms with Crippen LogP contribution in [0.1, 0.15) is 11.1 Å². The molecule has 1 aromatic heterocycles. The van der Waals surface area contributed by atoms with Gasteiger partial charge < -0.3 is 9.64 Å². The molecule has 0 saturated heterocycles. The highest BCUT2D eigenvalue weighted by Crippen LogP contribution is 2.18. The number of benzene rings is 2. The van der Waals surface area contributed by atoms with Crippen LogP contribution in [-0.2, 0) is 17.9 Å². The fourth-order valence-corrected chi connectivity index (χ4v) is 3.06. The van der Waals surface area contributed by atoms with Crippen molar-refractivity contribution in [2.45, 2.75) is 13.1 Å². The van der Waals surface area contributed by atoms with E-state index >= 15 is 0 Å². The van der Waals surface area contributed by atoms with Crippen LogP contribution in [0, 0.1) is 0 Å². The van der Waals surface area contributed by atoms with E-state index in [0.717, 1.165) is 22.6 Å². The monoisotopic (exact) mass is 378 g/mol. The van der Waals surface area contributed by atoms with Gasteiger partial charge in [-0.15, -0.1) is 0 Å². The van der Waals surface area contributed by atoms with Gasteiger partial charge in [-0.05, 0) is 25.2 Å². The van der Waals surface area contributed by atoms with E-state index in [-0.39, 0.29) is 5.91 Å². The first kappa shape index (κ1) is 19.6. The average Bonchev–Trinajstić information content (AvgIpc) is 3.17. The second-order valence-corrected chi connectivity index (χ2v) is 6.86. The summed E-state index contributed by atoms with van der Waals surface area (Å²) in [6.07, 6.45) is 3.83. The lowest BCUT2D eigenvalue weighted by molar-refractivity contribution is -0.131. The normalized spacial score (nSPS) is 10.9. The van der Waals surface area contributed by atoms with Crippen molar-refractivity contribution in [3.05, 3.63) is 78.1 Å². The maximum atomic E-state index is 12.6. The molecule has 0 fully saturated rings. The number of amides is 1. The number of carbonyl (C=O) groups is 1. The SMILES string of the molecule is COc1ccccc1CN(C)C(=O)CN(C)Cc1cnn(-c2ccccc2)c1. The summed E-state index contributed by atoms with van der Waals surface area (Å²) < 4.78 is 7.21. The molecule has 28 heavy (non-hydrogen) atoms. The van der Waals surface area contributed by atoms with Crippen LogP contribution in [0.3, 0.4) is 0 Å². The Balaban J connectivity index is 1.55. The Kier molecular flexibility index (Phi) is 6.45. The molecule has 0 radical (unpaired) electrons. The largest absolute Gasteiger partial charge is 0.496 e. The summed E-state index contributed by atoms with van der Waals surface area (Å²) in [6, 6.07) is 17.7. The van der Waals surface area contributed by atoms with Gasteiger partial charge in [-0.25, -0.2) is 4.68 Å². The Morgan fingerprint density at radius 1 is 1.04 bits per heavy atom. The molecule has 6 heteroatoms. The van der Waals surface area contributed by atoms with Gasteiger partial charge in [0.25, 0.3) is 0 Å². The molecular weight excluding hydrogens is 352 g/mol. The third-order valence-corrected chi connectivity index (χ3v) is 4.54. The van der Waals surface area contributed by atoms with Gasteiger partial charge in [0.1, 0.15) is 5.75 Å². The number of hydrogen-bond acceptors (Lipinski definition) is 4. The molecule has 6 nitrogen and oxygen atoms in total. The fourth-order valence-electron chi connectivity index (χ4n) is 3.06. The second kappa shape index (κ2) is 9.19. The molecule has 0 atom stereocenters. The Bertz CT molecular complexity index is 908. The van der Waals surface area contributed by atoms with E-state index in [4.69, 9.17) is 4.74 Å². The Morgan fingerprint density at radius 2 is 1.75 bits per heavy atom. The van der Waals surface area contributed by atoms with E-state index < -0.39 is 0 Å². The highest BCUT2D eigenvalue weighted by molar-refractivity contribution is 5.78. The number of hydrogen-bond donors (Lipinski definition) is 0. The molecule has 0 aliphatic carbocycles. The number of methoxy groups -OCH3 is 1. The Labute approximate surface area is 166 Å². The summed E-state index contributed by atoms with van der Waals surface area (Å²) in [5.74, 6) is 0.854. The van der Waals surface area contributed by atoms with Crippen LogP contribution in [0.2, 0.25) is 0 Å². The number of likely N-dealkylation sites (N-methyl/N-ethyl adjacent to an activating group) is 2. The topological polar surface area (TPSA) is 50.6 Å². The molecule has 0 N–H and O–H groups in total. The summed E-state index contributed by atoms with van der Waals surface area (Å²) in [5, 5.41) is 4.41. The van der Waals surface area contributed by atoms with Crippen molar-refractivity contribution >= 4 is 5.91 Å². The molecule has 0 spiro atoms. The minimum Gasteiger partial charge on any atom is -0.496 e. The zero-order chi connectivity index (χ0) is 19.9. The van der Waals surface area contributed by atoms with Crippen LogP contribution in [-0.4, -0.2) is 53.2 Å². The van der Waals surface area contributed by atoms with Gasteiger partial charge in [-0.2, -0.15) is 5.10 Å². The predicted molar refractivity (Wildman–Crippen MR) is 109 cm³/mol. The van der Waals surface area contributed by atoms with Crippen LogP contribution >= 0.6 is 0 Å². The molecule has 0 aliphatic rings. The number of carbonyl (C=O) groups excluding carboxylic acids is 1. The van der Waals surface area contributed by atoms with Crippen molar-refractivity contribution in [1.82, 2.24) is 19.6 Å². The first-order valence-electron chi connectivity index (χ1n) is 9.20. The van der Waals surface area contributed by atoms with Crippen LogP contribution in [0.4, 0.5) is 0 Å². The average molecular weight is 378 g/mol. The lowest BCUT2D eigenvalue weighted by Gasteiger charge is -2.22. The van der Waals surface area contributed by atoms with Crippen molar-refractivity contribution in [1.29, 1.82) is 0 Å². The molecule has 146 valence electrons. The van der Waals surface area contributed by atoms with Crippen LogP contribution < -0.4 is 4.74 Å². The van der Waals surface area contributed by atoms with Gasteiger partial charge >= 0.3 is 0 Å². The fraction of sp³-hybridized carbons (Fsp3) is 0.273. The smallest absolute Gasteiger partial charge is 0.236 e. The minimum absolute atomic E-state index is 0.0591.